The van der Waals surface area contributed by atoms with E-state index in [4.69, 9.17) is 13.7 Å². The molecule has 1 atom stereocenters. The lowest BCUT2D eigenvalue weighted by Crippen LogP contribution is -2.41. The van der Waals surface area contributed by atoms with Crippen LogP contribution in [0.1, 0.15) is 18.5 Å². The van der Waals surface area contributed by atoms with Crippen LogP contribution in [0, 0.1) is 0 Å². The molecule has 0 radical (unpaired) electrons. The summed E-state index contributed by atoms with van der Waals surface area (Å²) in [4.78, 5) is 11.8. The summed E-state index contributed by atoms with van der Waals surface area (Å²) < 4.78 is 39.8. The maximum absolute atomic E-state index is 11.8. The van der Waals surface area contributed by atoms with E-state index in [9.17, 15) is 13.2 Å². The van der Waals surface area contributed by atoms with Crippen LogP contribution in [0.15, 0.2) is 18.2 Å². The van der Waals surface area contributed by atoms with Gasteiger partial charge in [-0.1, -0.05) is 0 Å². The lowest BCUT2D eigenvalue weighted by molar-refractivity contribution is -0.145. The fourth-order valence-electron chi connectivity index (χ4n) is 1.71. The molecule has 1 heterocycles. The number of carbonyl (C=O) groups excluding carboxylic acids is 1. The summed E-state index contributed by atoms with van der Waals surface area (Å²) in [6.07, 6.45) is 0. The molecule has 7 nitrogen and oxygen atoms in total. The van der Waals surface area contributed by atoms with Gasteiger partial charge in [-0.2, -0.15) is 13.1 Å². The van der Waals surface area contributed by atoms with Crippen LogP contribution in [0.25, 0.3) is 0 Å². The van der Waals surface area contributed by atoms with Gasteiger partial charge in [-0.3, -0.25) is 0 Å². The highest BCUT2D eigenvalue weighted by atomic mass is 32.2. The molecule has 1 aromatic carbocycles. The van der Waals surface area contributed by atoms with Crippen molar-refractivity contribution in [2.75, 3.05) is 13.7 Å². The van der Waals surface area contributed by atoms with E-state index in [2.05, 4.69) is 4.72 Å². The first-order chi connectivity index (χ1) is 8.96. The standard InChI is InChI=1S/C11H13NO6S/c1-3-17-11(13)10-8-6-7(16-2)4-5-9(8)18-19(14,15)12-10/h4-6,10,12H,3H2,1-2H3/t10-/m1/s1. The third-order valence-electron chi connectivity index (χ3n) is 2.51. The zero-order chi connectivity index (χ0) is 14.0. The predicted octanol–water partition coefficient (Wildman–Crippen LogP) is 0.526. The van der Waals surface area contributed by atoms with E-state index in [-0.39, 0.29) is 12.4 Å². The van der Waals surface area contributed by atoms with E-state index in [1.54, 1.807) is 13.0 Å². The van der Waals surface area contributed by atoms with Crippen molar-refractivity contribution >= 4 is 16.3 Å². The number of fused-ring (bicyclic) bond motifs is 1. The molecule has 0 aliphatic carbocycles. The molecule has 0 spiro atoms. The minimum Gasteiger partial charge on any atom is -0.497 e. The second kappa shape index (κ2) is 5.06. The molecule has 1 aromatic rings. The number of ether oxygens (including phenoxy) is 2. The van der Waals surface area contributed by atoms with Crippen molar-refractivity contribution < 1.29 is 26.9 Å². The third-order valence-corrected chi connectivity index (χ3v) is 3.44. The fourth-order valence-corrected chi connectivity index (χ4v) is 2.65. The summed E-state index contributed by atoms with van der Waals surface area (Å²) in [6.45, 7) is 1.79. The number of hydrogen-bond acceptors (Lipinski definition) is 6. The maximum atomic E-state index is 11.8. The molecule has 0 unspecified atom stereocenters. The van der Waals surface area contributed by atoms with Crippen molar-refractivity contribution in [3.63, 3.8) is 0 Å². The number of methoxy groups -OCH3 is 1. The SMILES string of the molecule is CCOC(=O)[C@@H]1NS(=O)(=O)Oc2ccc(OC)cc21. The average Bonchev–Trinajstić information content (AvgIpc) is 2.36. The van der Waals surface area contributed by atoms with Gasteiger partial charge in [0.1, 0.15) is 11.5 Å². The molecule has 19 heavy (non-hydrogen) atoms. The van der Waals surface area contributed by atoms with Gasteiger partial charge in [0.25, 0.3) is 0 Å². The molecule has 0 saturated carbocycles. The van der Waals surface area contributed by atoms with Gasteiger partial charge in [0.2, 0.25) is 0 Å². The molecule has 1 N–H and O–H groups in total. The molecule has 0 aromatic heterocycles. The van der Waals surface area contributed by atoms with E-state index in [1.807, 2.05) is 0 Å². The van der Waals surface area contributed by atoms with Crippen LogP contribution >= 0.6 is 0 Å². The van der Waals surface area contributed by atoms with Gasteiger partial charge in [-0.15, -0.1) is 0 Å². The van der Waals surface area contributed by atoms with Crippen LogP contribution < -0.4 is 13.6 Å². The predicted molar refractivity (Wildman–Crippen MR) is 65.1 cm³/mol. The van der Waals surface area contributed by atoms with Gasteiger partial charge >= 0.3 is 16.3 Å². The van der Waals surface area contributed by atoms with Crippen LogP contribution in [0.4, 0.5) is 0 Å². The molecule has 8 heteroatoms. The number of esters is 1. The van der Waals surface area contributed by atoms with Gasteiger partial charge in [0, 0.05) is 5.56 Å². The van der Waals surface area contributed by atoms with E-state index < -0.39 is 22.3 Å². The van der Waals surface area contributed by atoms with E-state index in [1.165, 1.54) is 19.2 Å². The summed E-state index contributed by atoms with van der Waals surface area (Å²) in [5.41, 5.74) is 0.354. The number of nitrogens with one attached hydrogen (secondary N) is 1. The van der Waals surface area contributed by atoms with Crippen molar-refractivity contribution in [2.45, 2.75) is 13.0 Å². The highest BCUT2D eigenvalue weighted by molar-refractivity contribution is 7.85. The van der Waals surface area contributed by atoms with Crippen molar-refractivity contribution in [2.24, 2.45) is 0 Å². The largest absolute Gasteiger partial charge is 0.497 e. The van der Waals surface area contributed by atoms with Gasteiger partial charge in [-0.25, -0.2) is 4.79 Å². The Balaban J connectivity index is 2.47. The van der Waals surface area contributed by atoms with Crippen LogP contribution in [0.2, 0.25) is 0 Å². The Morgan fingerprint density at radius 2 is 2.21 bits per heavy atom. The monoisotopic (exact) mass is 287 g/mol. The van der Waals surface area contributed by atoms with Crippen LogP contribution in [-0.2, 0) is 19.8 Å². The second-order valence-electron chi connectivity index (χ2n) is 3.74. The Labute approximate surface area is 110 Å². The molecule has 104 valence electrons. The van der Waals surface area contributed by atoms with E-state index in [0.717, 1.165) is 0 Å². The van der Waals surface area contributed by atoms with E-state index in [0.29, 0.717) is 11.3 Å². The molecule has 0 bridgehead atoms. The molecule has 2 rings (SSSR count). The lowest BCUT2D eigenvalue weighted by Gasteiger charge is -2.25. The minimum absolute atomic E-state index is 0.0811. The van der Waals surface area contributed by atoms with Crippen molar-refractivity contribution in [1.29, 1.82) is 0 Å². The molecule has 0 amide bonds. The molecule has 0 fully saturated rings. The lowest BCUT2D eigenvalue weighted by atomic mass is 10.1. The number of rotatable bonds is 3. The number of benzene rings is 1. The minimum atomic E-state index is -4.02. The van der Waals surface area contributed by atoms with Crippen molar-refractivity contribution in [3.05, 3.63) is 23.8 Å². The highest BCUT2D eigenvalue weighted by Crippen LogP contribution is 2.34. The Kier molecular flexibility index (Phi) is 3.63. The zero-order valence-electron chi connectivity index (χ0n) is 10.4. The average molecular weight is 287 g/mol. The first kappa shape index (κ1) is 13.6. The third kappa shape index (κ3) is 2.79. The zero-order valence-corrected chi connectivity index (χ0v) is 11.2. The van der Waals surface area contributed by atoms with Crippen molar-refractivity contribution in [1.82, 2.24) is 4.72 Å². The number of hydrogen-bond donors (Lipinski definition) is 1. The number of carbonyl (C=O) groups is 1. The van der Waals surface area contributed by atoms with Crippen LogP contribution in [0.3, 0.4) is 0 Å². The van der Waals surface area contributed by atoms with E-state index >= 15 is 0 Å². The van der Waals surface area contributed by atoms with Gasteiger partial charge in [-0.05, 0) is 25.1 Å². The molecule has 1 aliphatic rings. The first-order valence-electron chi connectivity index (χ1n) is 5.53. The second-order valence-corrected chi connectivity index (χ2v) is 5.05. The summed E-state index contributed by atoms with van der Waals surface area (Å²) in [6, 6.07) is 3.36. The molecule has 0 saturated heterocycles. The van der Waals surface area contributed by atoms with Crippen LogP contribution in [-0.4, -0.2) is 28.1 Å². The van der Waals surface area contributed by atoms with Gasteiger partial charge in [0.15, 0.2) is 6.04 Å². The highest BCUT2D eigenvalue weighted by Gasteiger charge is 2.36. The Bertz CT molecular complexity index is 597. The fraction of sp³-hybridized carbons (Fsp3) is 0.364. The molecular weight excluding hydrogens is 274 g/mol. The normalized spacial score (nSPS) is 20.0. The van der Waals surface area contributed by atoms with Gasteiger partial charge in [0.05, 0.1) is 13.7 Å². The summed E-state index contributed by atoms with van der Waals surface area (Å²) >= 11 is 0. The molecular formula is C11H13NO6S. The maximum Gasteiger partial charge on any atom is 0.383 e. The topological polar surface area (TPSA) is 90.9 Å². The Morgan fingerprint density at radius 1 is 1.47 bits per heavy atom. The summed E-state index contributed by atoms with van der Waals surface area (Å²) in [5.74, 6) is -0.126. The van der Waals surface area contributed by atoms with Crippen molar-refractivity contribution in [3.8, 4) is 11.5 Å². The smallest absolute Gasteiger partial charge is 0.383 e. The molecule has 1 aliphatic heterocycles. The summed E-state index contributed by atoms with van der Waals surface area (Å²) in [5, 5.41) is 0. The first-order valence-corrected chi connectivity index (χ1v) is 6.94. The Hall–Kier alpha value is -1.80. The van der Waals surface area contributed by atoms with Crippen LogP contribution in [0.5, 0.6) is 11.5 Å². The van der Waals surface area contributed by atoms with Gasteiger partial charge < -0.3 is 13.7 Å². The quantitative estimate of drug-likeness (QED) is 0.815. The Morgan fingerprint density at radius 3 is 2.84 bits per heavy atom. The summed E-state index contributed by atoms with van der Waals surface area (Å²) in [7, 11) is -2.55.